The van der Waals surface area contributed by atoms with Crippen molar-refractivity contribution in [3.8, 4) is 11.5 Å². The average Bonchev–Trinajstić information content (AvgIpc) is 2.79. The fourth-order valence-corrected chi connectivity index (χ4v) is 3.69. The zero-order chi connectivity index (χ0) is 22.1. The molecule has 2 amide bonds. The van der Waals surface area contributed by atoms with Gasteiger partial charge in [0.1, 0.15) is 11.5 Å². The van der Waals surface area contributed by atoms with Gasteiger partial charge in [0.05, 0.1) is 13.2 Å². The first kappa shape index (κ1) is 22.7. The van der Waals surface area contributed by atoms with E-state index in [2.05, 4.69) is 5.32 Å². The highest BCUT2D eigenvalue weighted by molar-refractivity contribution is 5.94. The predicted molar refractivity (Wildman–Crippen MR) is 121 cm³/mol. The topological polar surface area (TPSA) is 67.9 Å². The quantitative estimate of drug-likeness (QED) is 0.619. The van der Waals surface area contributed by atoms with Gasteiger partial charge >= 0.3 is 0 Å². The standard InChI is InChI=1S/C25H32N2O4/c1-3-30-22-12-10-20(11-13-22)25(29)26-21-14-16-27(17-15-21)24(28)9-6-18-31-23-8-5-4-7-19(23)2/h4-5,7-8,10-13,21H,3,6,9,14-18H2,1-2H3,(H,26,29). The Bertz CT molecular complexity index is 858. The first-order chi connectivity index (χ1) is 15.1. The summed E-state index contributed by atoms with van der Waals surface area (Å²) in [5.41, 5.74) is 1.72. The van der Waals surface area contributed by atoms with E-state index in [1.54, 1.807) is 12.1 Å². The zero-order valence-electron chi connectivity index (χ0n) is 18.4. The fourth-order valence-electron chi connectivity index (χ4n) is 3.69. The van der Waals surface area contributed by atoms with Crippen molar-refractivity contribution >= 4 is 11.8 Å². The van der Waals surface area contributed by atoms with Crippen molar-refractivity contribution < 1.29 is 19.1 Å². The van der Waals surface area contributed by atoms with E-state index in [0.717, 1.165) is 29.9 Å². The SMILES string of the molecule is CCOc1ccc(C(=O)NC2CCN(C(=O)CCCOc3ccccc3C)CC2)cc1. The number of nitrogens with one attached hydrogen (secondary N) is 1. The van der Waals surface area contributed by atoms with Crippen LogP contribution in [0.3, 0.4) is 0 Å². The molecule has 0 radical (unpaired) electrons. The van der Waals surface area contributed by atoms with E-state index in [0.29, 0.717) is 44.7 Å². The number of para-hydroxylation sites is 1. The molecule has 6 nitrogen and oxygen atoms in total. The highest BCUT2D eigenvalue weighted by Gasteiger charge is 2.24. The summed E-state index contributed by atoms with van der Waals surface area (Å²) in [6, 6.07) is 15.2. The molecule has 1 fully saturated rings. The van der Waals surface area contributed by atoms with Gasteiger partial charge in [-0.25, -0.2) is 0 Å². The normalized spacial score (nSPS) is 14.2. The molecule has 3 rings (SSSR count). The first-order valence-electron chi connectivity index (χ1n) is 11.1. The van der Waals surface area contributed by atoms with Crippen molar-refractivity contribution in [2.24, 2.45) is 0 Å². The van der Waals surface area contributed by atoms with Crippen LogP contribution in [-0.4, -0.2) is 49.1 Å². The Morgan fingerprint density at radius 1 is 1.03 bits per heavy atom. The van der Waals surface area contributed by atoms with Gasteiger partial charge < -0.3 is 19.7 Å². The van der Waals surface area contributed by atoms with Gasteiger partial charge in [-0.05, 0) is 69.0 Å². The third-order valence-corrected chi connectivity index (χ3v) is 5.50. The van der Waals surface area contributed by atoms with Gasteiger partial charge in [-0.15, -0.1) is 0 Å². The molecule has 31 heavy (non-hydrogen) atoms. The zero-order valence-corrected chi connectivity index (χ0v) is 18.4. The van der Waals surface area contributed by atoms with Crippen LogP contribution in [0, 0.1) is 6.92 Å². The summed E-state index contributed by atoms with van der Waals surface area (Å²) in [5.74, 6) is 1.71. The number of amides is 2. The minimum atomic E-state index is -0.0822. The van der Waals surface area contributed by atoms with Crippen LogP contribution in [0.2, 0.25) is 0 Å². The third kappa shape index (κ3) is 6.74. The molecule has 0 spiro atoms. The molecule has 1 aliphatic heterocycles. The largest absolute Gasteiger partial charge is 0.494 e. The summed E-state index contributed by atoms with van der Waals surface area (Å²) in [5, 5.41) is 3.08. The molecular weight excluding hydrogens is 392 g/mol. The second-order valence-electron chi connectivity index (χ2n) is 7.80. The summed E-state index contributed by atoms with van der Waals surface area (Å²) in [6.07, 6.45) is 2.72. The number of hydrogen-bond acceptors (Lipinski definition) is 4. The predicted octanol–water partition coefficient (Wildman–Crippen LogP) is 3.97. The lowest BCUT2D eigenvalue weighted by molar-refractivity contribution is -0.132. The van der Waals surface area contributed by atoms with Crippen LogP contribution in [0.5, 0.6) is 11.5 Å². The summed E-state index contributed by atoms with van der Waals surface area (Å²) in [7, 11) is 0. The number of rotatable bonds is 9. The molecule has 1 saturated heterocycles. The fraction of sp³-hybridized carbons (Fsp3) is 0.440. The van der Waals surface area contributed by atoms with E-state index in [-0.39, 0.29) is 17.9 Å². The molecule has 0 saturated carbocycles. The van der Waals surface area contributed by atoms with Crippen molar-refractivity contribution in [3.05, 3.63) is 59.7 Å². The second-order valence-corrected chi connectivity index (χ2v) is 7.80. The number of likely N-dealkylation sites (tertiary alicyclic amines) is 1. The van der Waals surface area contributed by atoms with E-state index in [1.807, 2.05) is 55.1 Å². The molecule has 2 aromatic rings. The number of piperidine rings is 1. The monoisotopic (exact) mass is 424 g/mol. The number of aryl methyl sites for hydroxylation is 1. The lowest BCUT2D eigenvalue weighted by Crippen LogP contribution is -2.46. The van der Waals surface area contributed by atoms with Gasteiger partial charge in [-0.3, -0.25) is 9.59 Å². The van der Waals surface area contributed by atoms with Crippen molar-refractivity contribution in [2.45, 2.75) is 45.6 Å². The van der Waals surface area contributed by atoms with E-state index in [1.165, 1.54) is 0 Å². The maximum Gasteiger partial charge on any atom is 0.251 e. The van der Waals surface area contributed by atoms with E-state index in [4.69, 9.17) is 9.47 Å². The molecule has 2 aromatic carbocycles. The van der Waals surface area contributed by atoms with Crippen molar-refractivity contribution in [1.29, 1.82) is 0 Å². The Labute approximate surface area is 184 Å². The Balaban J connectivity index is 1.35. The number of ether oxygens (including phenoxy) is 2. The maximum atomic E-state index is 12.5. The molecule has 166 valence electrons. The van der Waals surface area contributed by atoms with Gasteiger partial charge in [-0.1, -0.05) is 18.2 Å². The molecule has 0 atom stereocenters. The van der Waals surface area contributed by atoms with Crippen LogP contribution >= 0.6 is 0 Å². The molecule has 6 heteroatoms. The Kier molecular flexibility index (Phi) is 8.33. The minimum Gasteiger partial charge on any atom is -0.494 e. The third-order valence-electron chi connectivity index (χ3n) is 5.50. The lowest BCUT2D eigenvalue weighted by atomic mass is 10.0. The van der Waals surface area contributed by atoms with E-state index < -0.39 is 0 Å². The number of carbonyl (C=O) groups is 2. The van der Waals surface area contributed by atoms with Crippen LogP contribution in [0.15, 0.2) is 48.5 Å². The highest BCUT2D eigenvalue weighted by atomic mass is 16.5. The second kappa shape index (κ2) is 11.4. The molecule has 1 aliphatic rings. The number of hydrogen-bond donors (Lipinski definition) is 1. The summed E-state index contributed by atoms with van der Waals surface area (Å²) >= 11 is 0. The maximum absolute atomic E-state index is 12.5. The first-order valence-corrected chi connectivity index (χ1v) is 11.1. The molecule has 0 aliphatic carbocycles. The van der Waals surface area contributed by atoms with Crippen LogP contribution in [-0.2, 0) is 4.79 Å². The van der Waals surface area contributed by atoms with Crippen LogP contribution in [0.25, 0.3) is 0 Å². The van der Waals surface area contributed by atoms with Gasteiger partial charge in [-0.2, -0.15) is 0 Å². The van der Waals surface area contributed by atoms with E-state index >= 15 is 0 Å². The number of carbonyl (C=O) groups excluding carboxylic acids is 2. The molecule has 0 aromatic heterocycles. The lowest BCUT2D eigenvalue weighted by Gasteiger charge is -2.32. The summed E-state index contributed by atoms with van der Waals surface area (Å²) in [4.78, 5) is 26.8. The molecule has 1 heterocycles. The molecular formula is C25H32N2O4. The van der Waals surface area contributed by atoms with Crippen molar-refractivity contribution in [1.82, 2.24) is 10.2 Å². The minimum absolute atomic E-state index is 0.0822. The smallest absolute Gasteiger partial charge is 0.251 e. The van der Waals surface area contributed by atoms with Crippen molar-refractivity contribution in [2.75, 3.05) is 26.3 Å². The number of nitrogens with zero attached hydrogens (tertiary/aromatic N) is 1. The van der Waals surface area contributed by atoms with Gasteiger partial charge in [0.25, 0.3) is 5.91 Å². The molecule has 0 unspecified atom stereocenters. The van der Waals surface area contributed by atoms with Gasteiger partial charge in [0, 0.05) is 31.1 Å². The van der Waals surface area contributed by atoms with Gasteiger partial charge in [0.2, 0.25) is 5.91 Å². The van der Waals surface area contributed by atoms with E-state index in [9.17, 15) is 9.59 Å². The number of benzene rings is 2. The van der Waals surface area contributed by atoms with Crippen LogP contribution in [0.4, 0.5) is 0 Å². The molecule has 1 N–H and O–H groups in total. The van der Waals surface area contributed by atoms with Crippen molar-refractivity contribution in [3.63, 3.8) is 0 Å². The Morgan fingerprint density at radius 2 is 1.74 bits per heavy atom. The van der Waals surface area contributed by atoms with Crippen LogP contribution < -0.4 is 14.8 Å². The Morgan fingerprint density at radius 3 is 2.42 bits per heavy atom. The van der Waals surface area contributed by atoms with Gasteiger partial charge in [0.15, 0.2) is 0 Å². The molecule has 0 bridgehead atoms. The highest BCUT2D eigenvalue weighted by Crippen LogP contribution is 2.18. The Hall–Kier alpha value is -3.02. The summed E-state index contributed by atoms with van der Waals surface area (Å²) in [6.45, 7) is 6.42. The van der Waals surface area contributed by atoms with Crippen LogP contribution in [0.1, 0.15) is 48.5 Å². The summed E-state index contributed by atoms with van der Waals surface area (Å²) < 4.78 is 11.2. The average molecular weight is 425 g/mol.